The number of benzene rings is 1. The summed E-state index contributed by atoms with van der Waals surface area (Å²) in [6, 6.07) is 11.1. The number of carbonyl (C=O) groups excluding carboxylic acids is 1. The van der Waals surface area contributed by atoms with Gasteiger partial charge in [0.25, 0.3) is 10.0 Å². The fourth-order valence-corrected chi connectivity index (χ4v) is 5.94. The molecule has 0 saturated carbocycles. The average Bonchev–Trinajstić information content (AvgIpc) is 3.18. The van der Waals surface area contributed by atoms with Crippen LogP contribution in [0.5, 0.6) is 0 Å². The average molecular weight is 457 g/mol. The normalized spacial score (nSPS) is 17.8. The maximum atomic E-state index is 12.5. The summed E-state index contributed by atoms with van der Waals surface area (Å²) < 4.78 is 27.9. The summed E-state index contributed by atoms with van der Waals surface area (Å²) in [6.07, 6.45) is 1.09. The van der Waals surface area contributed by atoms with Crippen molar-refractivity contribution in [2.75, 3.05) is 13.1 Å². The molecule has 1 aromatic carbocycles. The molecule has 1 saturated heterocycles. The number of rotatable bonds is 5. The van der Waals surface area contributed by atoms with Gasteiger partial charge in [-0.1, -0.05) is 34.1 Å². The van der Waals surface area contributed by atoms with Crippen LogP contribution >= 0.6 is 27.3 Å². The van der Waals surface area contributed by atoms with E-state index in [1.807, 2.05) is 31.2 Å². The number of halogens is 1. The Bertz CT molecular complexity index is 843. The van der Waals surface area contributed by atoms with Crippen LogP contribution in [0.3, 0.4) is 0 Å². The molecule has 140 valence electrons. The van der Waals surface area contributed by atoms with Crippen LogP contribution in [0, 0.1) is 5.92 Å². The van der Waals surface area contributed by atoms with Crippen LogP contribution in [0.15, 0.2) is 50.5 Å². The van der Waals surface area contributed by atoms with E-state index in [1.54, 1.807) is 17.5 Å². The van der Waals surface area contributed by atoms with E-state index in [4.69, 9.17) is 0 Å². The number of nitrogens with one attached hydrogen (secondary N) is 1. The molecule has 5 nitrogen and oxygen atoms in total. The number of hydrogen-bond donors (Lipinski definition) is 1. The molecular formula is C18H21BrN2O3S2. The van der Waals surface area contributed by atoms with Crippen LogP contribution in [-0.4, -0.2) is 31.7 Å². The van der Waals surface area contributed by atoms with Gasteiger partial charge in [0.05, 0.1) is 6.04 Å². The lowest BCUT2D eigenvalue weighted by Crippen LogP contribution is -2.43. The molecule has 1 fully saturated rings. The highest BCUT2D eigenvalue weighted by Gasteiger charge is 2.32. The molecule has 0 spiro atoms. The Morgan fingerprint density at radius 3 is 2.46 bits per heavy atom. The molecule has 0 aliphatic carbocycles. The molecule has 8 heteroatoms. The van der Waals surface area contributed by atoms with E-state index < -0.39 is 10.0 Å². The molecule has 0 bridgehead atoms. The molecule has 3 rings (SSSR count). The Balaban J connectivity index is 1.56. The molecule has 1 atom stereocenters. The van der Waals surface area contributed by atoms with Crippen molar-refractivity contribution in [3.05, 3.63) is 51.8 Å². The highest BCUT2D eigenvalue weighted by molar-refractivity contribution is 9.10. The van der Waals surface area contributed by atoms with Gasteiger partial charge in [0.1, 0.15) is 4.21 Å². The van der Waals surface area contributed by atoms with E-state index in [9.17, 15) is 13.2 Å². The molecular weight excluding hydrogens is 436 g/mol. The molecule has 1 aromatic heterocycles. The zero-order chi connectivity index (χ0) is 18.7. The zero-order valence-corrected chi connectivity index (χ0v) is 17.6. The van der Waals surface area contributed by atoms with Crippen LogP contribution in [-0.2, 0) is 14.8 Å². The first-order valence-electron chi connectivity index (χ1n) is 8.47. The minimum atomic E-state index is -3.42. The Hall–Kier alpha value is -1.22. The second-order valence-electron chi connectivity index (χ2n) is 6.39. The van der Waals surface area contributed by atoms with Gasteiger partial charge in [0.15, 0.2) is 0 Å². The molecule has 2 heterocycles. The van der Waals surface area contributed by atoms with Gasteiger partial charge < -0.3 is 5.32 Å². The fourth-order valence-electron chi connectivity index (χ4n) is 3.06. The number of nitrogens with zero attached hydrogens (tertiary/aromatic N) is 1. The van der Waals surface area contributed by atoms with Crippen LogP contribution < -0.4 is 5.32 Å². The van der Waals surface area contributed by atoms with Crippen molar-refractivity contribution in [2.45, 2.75) is 30.0 Å². The quantitative estimate of drug-likeness (QED) is 0.743. The summed E-state index contributed by atoms with van der Waals surface area (Å²) in [5, 5.41) is 4.81. The third kappa shape index (κ3) is 4.36. The van der Waals surface area contributed by atoms with Crippen molar-refractivity contribution >= 4 is 43.2 Å². The molecule has 0 radical (unpaired) electrons. The monoisotopic (exact) mass is 456 g/mol. The topological polar surface area (TPSA) is 66.5 Å². The Morgan fingerprint density at radius 1 is 1.23 bits per heavy atom. The molecule has 1 aliphatic heterocycles. The van der Waals surface area contributed by atoms with E-state index >= 15 is 0 Å². The third-order valence-electron chi connectivity index (χ3n) is 4.64. The van der Waals surface area contributed by atoms with Gasteiger partial charge in [-0.3, -0.25) is 4.79 Å². The van der Waals surface area contributed by atoms with Crippen molar-refractivity contribution < 1.29 is 13.2 Å². The first kappa shape index (κ1) is 19.5. The van der Waals surface area contributed by atoms with Gasteiger partial charge in [0, 0.05) is 23.5 Å². The summed E-state index contributed by atoms with van der Waals surface area (Å²) in [7, 11) is -3.42. The molecule has 1 aliphatic rings. The molecule has 1 unspecified atom stereocenters. The predicted molar refractivity (Wildman–Crippen MR) is 107 cm³/mol. The summed E-state index contributed by atoms with van der Waals surface area (Å²) in [6.45, 7) is 2.72. The summed E-state index contributed by atoms with van der Waals surface area (Å²) >= 11 is 4.63. The van der Waals surface area contributed by atoms with Crippen LogP contribution in [0.4, 0.5) is 0 Å². The Labute approximate surface area is 166 Å². The SMILES string of the molecule is CC(NC(=O)C1CCN(S(=O)(=O)c2cccs2)CC1)c1ccc(Br)cc1. The first-order valence-corrected chi connectivity index (χ1v) is 11.6. The van der Waals surface area contributed by atoms with E-state index in [2.05, 4.69) is 21.2 Å². The van der Waals surface area contributed by atoms with Gasteiger partial charge >= 0.3 is 0 Å². The smallest absolute Gasteiger partial charge is 0.252 e. The fraction of sp³-hybridized carbons (Fsp3) is 0.389. The third-order valence-corrected chi connectivity index (χ3v) is 8.44. The van der Waals surface area contributed by atoms with Crippen molar-refractivity contribution in [1.29, 1.82) is 0 Å². The minimum absolute atomic E-state index is 0.00593. The summed E-state index contributed by atoms with van der Waals surface area (Å²) in [4.78, 5) is 12.5. The predicted octanol–water partition coefficient (Wildman–Crippen LogP) is 3.79. The second-order valence-corrected chi connectivity index (χ2v) is 10.4. The van der Waals surface area contributed by atoms with E-state index in [-0.39, 0.29) is 17.9 Å². The number of sulfonamides is 1. The minimum Gasteiger partial charge on any atom is -0.349 e. The van der Waals surface area contributed by atoms with Crippen LogP contribution in [0.25, 0.3) is 0 Å². The second kappa shape index (κ2) is 8.21. The van der Waals surface area contributed by atoms with Crippen LogP contribution in [0.2, 0.25) is 0 Å². The van der Waals surface area contributed by atoms with Crippen molar-refractivity contribution in [2.24, 2.45) is 5.92 Å². The van der Waals surface area contributed by atoms with Crippen LogP contribution in [0.1, 0.15) is 31.4 Å². The van der Waals surface area contributed by atoms with Gasteiger partial charge in [0.2, 0.25) is 5.91 Å². The number of hydrogen-bond acceptors (Lipinski definition) is 4. The highest BCUT2D eigenvalue weighted by atomic mass is 79.9. The van der Waals surface area contributed by atoms with Gasteiger partial charge in [-0.25, -0.2) is 8.42 Å². The van der Waals surface area contributed by atoms with Crippen molar-refractivity contribution in [1.82, 2.24) is 9.62 Å². The first-order chi connectivity index (χ1) is 12.4. The lowest BCUT2D eigenvalue weighted by molar-refractivity contribution is -0.126. The maximum absolute atomic E-state index is 12.5. The molecule has 2 aromatic rings. The lowest BCUT2D eigenvalue weighted by atomic mass is 9.96. The summed E-state index contributed by atoms with van der Waals surface area (Å²) in [5.74, 6) is -0.156. The lowest BCUT2D eigenvalue weighted by Gasteiger charge is -2.30. The molecule has 26 heavy (non-hydrogen) atoms. The zero-order valence-electron chi connectivity index (χ0n) is 14.4. The maximum Gasteiger partial charge on any atom is 0.252 e. The summed E-state index contributed by atoms with van der Waals surface area (Å²) in [5.41, 5.74) is 1.04. The number of piperidine rings is 1. The number of thiophene rings is 1. The van der Waals surface area contributed by atoms with E-state index in [0.29, 0.717) is 30.1 Å². The highest BCUT2D eigenvalue weighted by Crippen LogP contribution is 2.27. The van der Waals surface area contributed by atoms with Gasteiger partial charge in [-0.15, -0.1) is 11.3 Å². The number of carbonyl (C=O) groups is 1. The molecule has 1 N–H and O–H groups in total. The van der Waals surface area contributed by atoms with Gasteiger partial charge in [-0.2, -0.15) is 4.31 Å². The Morgan fingerprint density at radius 2 is 1.88 bits per heavy atom. The molecule has 1 amide bonds. The Kier molecular flexibility index (Phi) is 6.17. The number of amides is 1. The van der Waals surface area contributed by atoms with Gasteiger partial charge in [-0.05, 0) is 48.9 Å². The van der Waals surface area contributed by atoms with Crippen molar-refractivity contribution in [3.63, 3.8) is 0 Å². The standard InChI is InChI=1S/C18H21BrN2O3S2/c1-13(14-4-6-16(19)7-5-14)20-18(22)15-8-10-21(11-9-15)26(23,24)17-3-2-12-25-17/h2-7,12-13,15H,8-11H2,1H3,(H,20,22). The van der Waals surface area contributed by atoms with Crippen molar-refractivity contribution in [3.8, 4) is 0 Å². The van der Waals surface area contributed by atoms with E-state index in [1.165, 1.54) is 15.6 Å². The van der Waals surface area contributed by atoms with E-state index in [0.717, 1.165) is 10.0 Å². The largest absolute Gasteiger partial charge is 0.349 e.